The zero-order valence-electron chi connectivity index (χ0n) is 18.9. The molecule has 10 nitrogen and oxygen atoms in total. The van der Waals surface area contributed by atoms with E-state index in [2.05, 4.69) is 26.0 Å². The first-order valence-electron chi connectivity index (χ1n) is 11.0. The molecule has 34 heavy (non-hydrogen) atoms. The van der Waals surface area contributed by atoms with Gasteiger partial charge in [0.25, 0.3) is 0 Å². The van der Waals surface area contributed by atoms with Crippen LogP contribution in [0.4, 0.5) is 26.5 Å². The Morgan fingerprint density at radius 1 is 1.38 bits per heavy atom. The van der Waals surface area contributed by atoms with Gasteiger partial charge in [-0.25, -0.2) is 14.2 Å². The van der Waals surface area contributed by atoms with Gasteiger partial charge in [-0.05, 0) is 49.9 Å². The summed E-state index contributed by atoms with van der Waals surface area (Å²) < 4.78 is 21.7. The van der Waals surface area contributed by atoms with E-state index in [1.807, 2.05) is 29.0 Å². The molecule has 0 saturated heterocycles. The minimum atomic E-state index is -1.14. The van der Waals surface area contributed by atoms with Gasteiger partial charge in [-0.3, -0.25) is 4.68 Å². The molecule has 2 aromatic heterocycles. The Labute approximate surface area is 195 Å². The average molecular weight is 468 g/mol. The van der Waals surface area contributed by atoms with Crippen LogP contribution >= 0.6 is 0 Å². The molecule has 0 radical (unpaired) electrons. The summed E-state index contributed by atoms with van der Waals surface area (Å²) in [5, 5.41) is 32.4. The van der Waals surface area contributed by atoms with E-state index in [1.165, 1.54) is 0 Å². The van der Waals surface area contributed by atoms with Gasteiger partial charge in [0, 0.05) is 24.2 Å². The molecule has 4 N–H and O–H groups in total. The monoisotopic (exact) mass is 467 g/mol. The van der Waals surface area contributed by atoms with Gasteiger partial charge >= 0.3 is 6.09 Å². The lowest BCUT2D eigenvalue weighted by atomic mass is 10.0. The third kappa shape index (κ3) is 5.18. The highest BCUT2D eigenvalue weighted by molar-refractivity contribution is 5.83. The molecule has 178 valence electrons. The number of nitrogens with one attached hydrogen (secondary N) is 3. The molecule has 1 aliphatic carbocycles. The first kappa shape index (κ1) is 23.3. The molecular weight excluding hydrogens is 441 g/mol. The number of methoxy groups -OCH3 is 1. The van der Waals surface area contributed by atoms with Gasteiger partial charge in [-0.15, -0.1) is 0 Å². The smallest absolute Gasteiger partial charge is 0.404 e. The maximum atomic E-state index is 14.8. The lowest BCUT2D eigenvalue weighted by Gasteiger charge is -2.26. The third-order valence-electron chi connectivity index (χ3n) is 5.83. The number of nitriles is 1. The SMILES string of the molecule is COCCn1ncc2cc(Nc3nc(N[C@@H](C4CC4)[C@H](C)NC(=O)O)c(F)cc3C#N)ccc21. The van der Waals surface area contributed by atoms with Gasteiger partial charge in [0.15, 0.2) is 17.5 Å². The van der Waals surface area contributed by atoms with Crippen LogP contribution in [0.1, 0.15) is 25.3 Å². The Hall–Kier alpha value is -3.91. The van der Waals surface area contributed by atoms with Crippen LogP contribution in [0.3, 0.4) is 0 Å². The fourth-order valence-electron chi connectivity index (χ4n) is 3.98. The molecule has 3 aromatic rings. The van der Waals surface area contributed by atoms with E-state index in [9.17, 15) is 14.4 Å². The molecule has 1 aliphatic rings. The number of aromatic nitrogens is 3. The van der Waals surface area contributed by atoms with Gasteiger partial charge < -0.3 is 25.8 Å². The van der Waals surface area contributed by atoms with Gasteiger partial charge in [-0.1, -0.05) is 0 Å². The number of hydrogen-bond acceptors (Lipinski definition) is 7. The Bertz CT molecular complexity index is 1240. The zero-order chi connectivity index (χ0) is 24.2. The van der Waals surface area contributed by atoms with Crippen molar-refractivity contribution in [3.63, 3.8) is 0 Å². The Morgan fingerprint density at radius 3 is 2.85 bits per heavy atom. The second kappa shape index (κ2) is 9.93. The average Bonchev–Trinajstić information content (AvgIpc) is 3.56. The minimum Gasteiger partial charge on any atom is -0.465 e. The number of ether oxygens (including phenoxy) is 1. The second-order valence-electron chi connectivity index (χ2n) is 8.33. The van der Waals surface area contributed by atoms with Crippen LogP contribution in [-0.2, 0) is 11.3 Å². The standard InChI is InChI=1S/C23H26FN7O3/c1-13(27-23(32)33)20(14-3-4-14)29-22-18(24)10-15(11-25)21(30-22)28-17-5-6-19-16(9-17)12-26-31(19)7-8-34-2/h5-6,9-10,12-14,20,27H,3-4,7-8H2,1-2H3,(H,32,33)(H2,28,29,30)/t13-,20+/m0/s1. The van der Waals surface area contributed by atoms with Crippen LogP contribution in [0.5, 0.6) is 0 Å². The van der Waals surface area contributed by atoms with Gasteiger partial charge in [0.05, 0.1) is 36.5 Å². The fourth-order valence-corrected chi connectivity index (χ4v) is 3.98. The van der Waals surface area contributed by atoms with Crippen molar-refractivity contribution in [3.8, 4) is 6.07 Å². The first-order chi connectivity index (χ1) is 16.4. The van der Waals surface area contributed by atoms with E-state index in [-0.39, 0.29) is 29.2 Å². The summed E-state index contributed by atoms with van der Waals surface area (Å²) in [5.74, 6) is -0.297. The van der Waals surface area contributed by atoms with Crippen molar-refractivity contribution in [2.75, 3.05) is 24.4 Å². The van der Waals surface area contributed by atoms with Crippen LogP contribution in [0, 0.1) is 23.1 Å². The number of hydrogen-bond donors (Lipinski definition) is 4. The van der Waals surface area contributed by atoms with E-state index in [4.69, 9.17) is 9.84 Å². The van der Waals surface area contributed by atoms with Gasteiger partial charge in [-0.2, -0.15) is 10.4 Å². The molecule has 0 spiro atoms. The summed E-state index contributed by atoms with van der Waals surface area (Å²) in [6.07, 6.45) is 2.44. The molecule has 0 bridgehead atoms. The van der Waals surface area contributed by atoms with E-state index < -0.39 is 18.0 Å². The van der Waals surface area contributed by atoms with Crippen molar-refractivity contribution in [1.82, 2.24) is 20.1 Å². The molecule has 2 heterocycles. The number of carbonyl (C=O) groups is 1. The van der Waals surface area contributed by atoms with Crippen molar-refractivity contribution in [2.24, 2.45) is 5.92 Å². The number of benzene rings is 1. The number of pyridine rings is 1. The zero-order valence-corrected chi connectivity index (χ0v) is 18.9. The molecule has 2 atom stereocenters. The summed E-state index contributed by atoms with van der Waals surface area (Å²) in [6.45, 7) is 2.89. The lowest BCUT2D eigenvalue weighted by Crippen LogP contribution is -2.45. The summed E-state index contributed by atoms with van der Waals surface area (Å²) in [4.78, 5) is 15.4. The quantitative estimate of drug-likeness (QED) is 0.354. The highest BCUT2D eigenvalue weighted by Gasteiger charge is 2.36. The van der Waals surface area contributed by atoms with Crippen LogP contribution in [-0.4, -0.2) is 51.8 Å². The van der Waals surface area contributed by atoms with E-state index >= 15 is 0 Å². The second-order valence-corrected chi connectivity index (χ2v) is 8.33. The predicted octanol–water partition coefficient (Wildman–Crippen LogP) is 3.68. The minimum absolute atomic E-state index is 0.0362. The summed E-state index contributed by atoms with van der Waals surface area (Å²) in [7, 11) is 1.63. The van der Waals surface area contributed by atoms with Crippen molar-refractivity contribution in [3.05, 3.63) is 41.8 Å². The fraction of sp³-hybridized carbons (Fsp3) is 0.391. The van der Waals surface area contributed by atoms with E-state index in [0.717, 1.165) is 29.8 Å². The molecule has 1 aromatic carbocycles. The number of fused-ring (bicyclic) bond motifs is 1. The van der Waals surface area contributed by atoms with Gasteiger partial charge in [0.1, 0.15) is 6.07 Å². The van der Waals surface area contributed by atoms with Crippen LogP contribution in [0.25, 0.3) is 10.9 Å². The Morgan fingerprint density at radius 2 is 2.18 bits per heavy atom. The topological polar surface area (TPSA) is 137 Å². The first-order valence-corrected chi connectivity index (χ1v) is 11.0. The Kier molecular flexibility index (Phi) is 6.79. The maximum Gasteiger partial charge on any atom is 0.404 e. The maximum absolute atomic E-state index is 14.8. The van der Waals surface area contributed by atoms with Crippen LogP contribution < -0.4 is 16.0 Å². The number of amides is 1. The van der Waals surface area contributed by atoms with Crippen molar-refractivity contribution >= 4 is 34.3 Å². The molecule has 1 amide bonds. The number of nitrogens with zero attached hydrogens (tertiary/aromatic N) is 4. The van der Waals surface area contributed by atoms with Crippen LogP contribution in [0.15, 0.2) is 30.5 Å². The molecule has 0 aliphatic heterocycles. The largest absolute Gasteiger partial charge is 0.465 e. The highest BCUT2D eigenvalue weighted by atomic mass is 19.1. The van der Waals surface area contributed by atoms with Gasteiger partial charge in [0.2, 0.25) is 0 Å². The number of rotatable bonds is 10. The van der Waals surface area contributed by atoms with E-state index in [1.54, 1.807) is 20.2 Å². The van der Waals surface area contributed by atoms with E-state index in [0.29, 0.717) is 18.8 Å². The Balaban J connectivity index is 1.59. The normalized spacial score (nSPS) is 14.9. The number of anilines is 3. The highest BCUT2D eigenvalue weighted by Crippen LogP contribution is 2.36. The molecule has 0 unspecified atom stereocenters. The summed E-state index contributed by atoms with van der Waals surface area (Å²) >= 11 is 0. The summed E-state index contributed by atoms with van der Waals surface area (Å²) in [5.41, 5.74) is 1.66. The number of halogens is 1. The third-order valence-corrected chi connectivity index (χ3v) is 5.83. The number of carboxylic acid groups (broad SMARTS) is 1. The molecular formula is C23H26FN7O3. The summed E-state index contributed by atoms with van der Waals surface area (Å²) in [6, 6.07) is 7.92. The van der Waals surface area contributed by atoms with Crippen molar-refractivity contribution in [1.29, 1.82) is 5.26 Å². The predicted molar refractivity (Wildman–Crippen MR) is 125 cm³/mol. The molecule has 11 heteroatoms. The molecule has 1 fully saturated rings. The molecule has 1 saturated carbocycles. The van der Waals surface area contributed by atoms with Crippen LogP contribution in [0.2, 0.25) is 0 Å². The van der Waals surface area contributed by atoms with Crippen molar-refractivity contribution < 1.29 is 19.0 Å². The lowest BCUT2D eigenvalue weighted by molar-refractivity contribution is 0.185. The molecule has 4 rings (SSSR count). The van der Waals surface area contributed by atoms with Crippen molar-refractivity contribution in [2.45, 2.75) is 38.4 Å².